The fourth-order valence-corrected chi connectivity index (χ4v) is 1.72. The first kappa shape index (κ1) is 45.6. The number of nitrogens with one attached hydrogen (secondary N) is 4. The minimum absolute atomic E-state index is 0. The molecule has 0 aromatic rings. The molecule has 0 spiro atoms. The van der Waals surface area contributed by atoms with Crippen LogP contribution in [0.1, 0.15) is 53.4 Å². The molecule has 15 heteroatoms. The summed E-state index contributed by atoms with van der Waals surface area (Å²) in [5, 5.41) is 11.4. The maximum atomic E-state index is 7.83. The maximum Gasteiger partial charge on any atom is 4.00 e. The minimum Gasteiger partial charge on any atom is -0.412 e. The molecule has 0 heterocycles. The molecule has 0 bridgehead atoms. The molecule has 0 aliphatic rings. The monoisotopic (exact) mass is 682 g/mol. The predicted molar refractivity (Wildman–Crippen MR) is 161 cm³/mol. The van der Waals surface area contributed by atoms with Gasteiger partial charge in [-0.25, -0.2) is 0 Å². The second-order valence-electron chi connectivity index (χ2n) is 4.86. The summed E-state index contributed by atoms with van der Waals surface area (Å²) in [5.74, 6) is 0. The van der Waals surface area contributed by atoms with Crippen molar-refractivity contribution in [3.63, 3.8) is 0 Å². The van der Waals surface area contributed by atoms with Gasteiger partial charge in [0, 0.05) is 26.2 Å². The van der Waals surface area contributed by atoms with E-state index in [9.17, 15) is 0 Å². The Bertz CT molecular complexity index is 351. The zero-order valence-corrected chi connectivity index (χ0v) is 27.5. The fraction of sp³-hybridized carbons (Fsp3) is 0.750. The molecule has 0 aromatic carbocycles. The summed E-state index contributed by atoms with van der Waals surface area (Å²) in [6.45, 7) is 11.9. The van der Waals surface area contributed by atoms with E-state index in [4.69, 9.17) is 4.21 Å². The number of thiocarbonyl (C=S) groups is 4. The third-order valence-electron chi connectivity index (χ3n) is 2.08. The van der Waals surface area contributed by atoms with Crippen LogP contribution in [-0.2, 0) is 84.1 Å². The van der Waals surface area contributed by atoms with Gasteiger partial charge in [0.25, 0.3) is 0 Å². The Kier molecular flexibility index (Phi) is 65.9. The molecule has 4 N–H and O–H groups in total. The van der Waals surface area contributed by atoms with Crippen molar-refractivity contribution < 1.29 is 25.3 Å². The molecule has 0 rings (SSSR count). The molecule has 5 nitrogen and oxygen atoms in total. The summed E-state index contributed by atoms with van der Waals surface area (Å²) < 4.78 is 9.73. The van der Waals surface area contributed by atoms with Crippen LogP contribution in [0.4, 0.5) is 0 Å². The van der Waals surface area contributed by atoms with E-state index < -0.39 is 0 Å². The summed E-state index contributed by atoms with van der Waals surface area (Å²) in [5.41, 5.74) is 0. The fourth-order valence-electron chi connectivity index (χ4n) is 0.908. The van der Waals surface area contributed by atoms with Crippen LogP contribution in [0.5, 0.6) is 0 Å². The Morgan fingerprint density at radius 3 is 0.677 bits per heavy atom. The van der Waals surface area contributed by atoms with Crippen LogP contribution < -0.4 is 21.3 Å². The standard InChI is InChI=1S/4C4H9NS2.Mo.OS/c4*1-2-3-5-4(6)7;;1-2/h4*2-3H2,1H3,(H2,5,6,7);;/q;;;;+4;/p-4. The van der Waals surface area contributed by atoms with Gasteiger partial charge in [0.05, 0.1) is 0 Å². The number of rotatable bonds is 8. The van der Waals surface area contributed by atoms with Gasteiger partial charge in [0.2, 0.25) is 0 Å². The van der Waals surface area contributed by atoms with Gasteiger partial charge in [-0.1, -0.05) is 45.0 Å². The summed E-state index contributed by atoms with van der Waals surface area (Å²) in [6.07, 6.45) is 4.32. The Balaban J connectivity index is -0.0000000647. The minimum atomic E-state index is 0. The molecular formula is C16H32MoN4OS9. The van der Waals surface area contributed by atoms with Crippen molar-refractivity contribution in [2.75, 3.05) is 26.2 Å². The van der Waals surface area contributed by atoms with Crippen LogP contribution in [0.25, 0.3) is 0 Å². The van der Waals surface area contributed by atoms with Crippen molar-refractivity contribution in [1.29, 1.82) is 0 Å². The quantitative estimate of drug-likeness (QED) is 0.173. The first-order chi connectivity index (χ1) is 14.1. The van der Waals surface area contributed by atoms with Crippen molar-refractivity contribution in [3.8, 4) is 0 Å². The molecule has 0 saturated heterocycles. The summed E-state index contributed by atoms with van der Waals surface area (Å²) in [7, 11) is 0. The third kappa shape index (κ3) is 90.0. The average Bonchev–Trinajstić information content (AvgIpc) is 2.70. The Morgan fingerprint density at radius 2 is 0.645 bits per heavy atom. The van der Waals surface area contributed by atoms with Crippen LogP contribution in [0, 0.1) is 0 Å². The van der Waals surface area contributed by atoms with Gasteiger partial charge in [-0.05, 0) is 25.7 Å². The van der Waals surface area contributed by atoms with Gasteiger partial charge in [-0.2, -0.15) is 4.21 Å². The van der Waals surface area contributed by atoms with Crippen molar-refractivity contribution in [2.45, 2.75) is 53.4 Å². The third-order valence-corrected chi connectivity index (χ3v) is 3.23. The van der Waals surface area contributed by atoms with Crippen molar-refractivity contribution in [3.05, 3.63) is 0 Å². The SMILES string of the molecule is CCCNC(=S)[S-].CCCNC(=S)[S-].CCCNC(=S)[S-].CCCNC(=S)[S-].O=S.[Mo+4]. The maximum absolute atomic E-state index is 7.83. The molecule has 0 fully saturated rings. The number of hydrogen-bond donors (Lipinski definition) is 4. The zero-order chi connectivity index (χ0) is 24.8. The van der Waals surface area contributed by atoms with Crippen LogP contribution in [0.2, 0.25) is 0 Å². The van der Waals surface area contributed by atoms with E-state index in [0.29, 0.717) is 17.3 Å². The second-order valence-corrected chi connectivity index (χ2v) is 9.16. The smallest absolute Gasteiger partial charge is 0.412 e. The van der Waals surface area contributed by atoms with E-state index in [0.717, 1.165) is 51.9 Å². The average molecular weight is 681 g/mol. The predicted octanol–water partition coefficient (Wildman–Crippen LogP) is 2.93. The molecule has 0 radical (unpaired) electrons. The number of hydrogen-bond acceptors (Lipinski definition) is 10. The van der Waals surface area contributed by atoms with E-state index in [1.54, 1.807) is 0 Å². The molecule has 0 aliphatic heterocycles. The second kappa shape index (κ2) is 44.8. The normalized spacial score (nSPS) is 7.48. The van der Waals surface area contributed by atoms with Crippen LogP contribution in [-0.4, -0.2) is 47.7 Å². The van der Waals surface area contributed by atoms with Crippen LogP contribution >= 0.6 is 48.9 Å². The summed E-state index contributed by atoms with van der Waals surface area (Å²) >= 11 is 39.4. The first-order valence-corrected chi connectivity index (χ1v) is 12.6. The van der Waals surface area contributed by atoms with Crippen molar-refractivity contribution in [2.24, 2.45) is 0 Å². The van der Waals surface area contributed by atoms with Gasteiger partial charge in [-0.3, -0.25) is 0 Å². The van der Waals surface area contributed by atoms with E-state index in [-0.39, 0.29) is 21.1 Å². The molecule has 182 valence electrons. The van der Waals surface area contributed by atoms with Crippen LogP contribution in [0.3, 0.4) is 0 Å². The van der Waals surface area contributed by atoms with Gasteiger partial charge < -0.3 is 121 Å². The van der Waals surface area contributed by atoms with Crippen molar-refractivity contribution in [1.82, 2.24) is 21.3 Å². The van der Waals surface area contributed by atoms with Gasteiger partial charge >= 0.3 is 21.1 Å². The van der Waals surface area contributed by atoms with Crippen molar-refractivity contribution >= 4 is 129 Å². The molecule has 0 saturated carbocycles. The topological polar surface area (TPSA) is 65.2 Å². The molecule has 0 atom stereocenters. The first-order valence-electron chi connectivity index (χ1n) is 9.04. The molecule has 0 unspecified atom stereocenters. The van der Waals surface area contributed by atoms with E-state index >= 15 is 0 Å². The Morgan fingerprint density at radius 1 is 0.516 bits per heavy atom. The molecule has 31 heavy (non-hydrogen) atoms. The Labute approximate surface area is 252 Å². The summed E-state index contributed by atoms with van der Waals surface area (Å²) in [6, 6.07) is 0. The van der Waals surface area contributed by atoms with Gasteiger partial charge in [-0.15, -0.1) is 0 Å². The largest absolute Gasteiger partial charge is 4.00 e. The Hall–Kier alpha value is 1.15. The molecule has 0 aromatic heterocycles. The molecule has 0 aliphatic carbocycles. The molecule has 0 amide bonds. The van der Waals surface area contributed by atoms with Gasteiger partial charge in [0.1, 0.15) is 0 Å². The van der Waals surface area contributed by atoms with E-state index in [2.05, 4.69) is 161 Å². The van der Waals surface area contributed by atoms with Gasteiger partial charge in [0.15, 0.2) is 12.5 Å². The molecular weight excluding hydrogens is 649 g/mol. The van der Waals surface area contributed by atoms with E-state index in [1.165, 1.54) is 0 Å². The summed E-state index contributed by atoms with van der Waals surface area (Å²) in [4.78, 5) is 0. The van der Waals surface area contributed by atoms with E-state index in [1.807, 2.05) is 0 Å². The zero-order valence-electron chi connectivity index (χ0n) is 18.1. The van der Waals surface area contributed by atoms with Crippen LogP contribution in [0.15, 0.2) is 0 Å².